The number of aryl methyl sites for hydroxylation is 2. The number of amides is 3. The number of rotatable bonds is 4. The zero-order chi connectivity index (χ0) is 19.0. The van der Waals surface area contributed by atoms with Crippen molar-refractivity contribution in [1.82, 2.24) is 5.32 Å². The van der Waals surface area contributed by atoms with Gasteiger partial charge in [0.05, 0.1) is 22.4 Å². The van der Waals surface area contributed by atoms with Gasteiger partial charge in [0.2, 0.25) is 0 Å². The van der Waals surface area contributed by atoms with Gasteiger partial charge >= 0.3 is 0 Å². The molecule has 0 fully saturated rings. The maximum Gasteiger partial charge on any atom is 0.266 e. The molecule has 132 valence electrons. The predicted octanol–water partition coefficient (Wildman–Crippen LogP) is 3.19. The molecule has 5 nitrogen and oxygen atoms in total. The van der Waals surface area contributed by atoms with Crippen LogP contribution < -0.4 is 10.2 Å². The third-order valence-electron chi connectivity index (χ3n) is 4.68. The number of hydrogen-bond donors (Lipinski definition) is 1. The zero-order valence-electron chi connectivity index (χ0n) is 15.1. The Labute approximate surface area is 152 Å². The largest absolute Gasteiger partial charge is 0.355 e. The van der Waals surface area contributed by atoms with Gasteiger partial charge in [-0.15, -0.1) is 6.58 Å². The van der Waals surface area contributed by atoms with Gasteiger partial charge in [-0.1, -0.05) is 24.3 Å². The number of nitrogens with zero attached hydrogens (tertiary/aromatic N) is 1. The molecule has 1 heterocycles. The Hall–Kier alpha value is -3.21. The molecule has 0 unspecified atom stereocenters. The minimum Gasteiger partial charge on any atom is -0.355 e. The lowest BCUT2D eigenvalue weighted by atomic mass is 9.98. The van der Waals surface area contributed by atoms with Crippen LogP contribution in [0.2, 0.25) is 0 Å². The van der Waals surface area contributed by atoms with E-state index in [2.05, 4.69) is 11.9 Å². The molecule has 0 saturated carbocycles. The monoisotopic (exact) mass is 348 g/mol. The summed E-state index contributed by atoms with van der Waals surface area (Å²) in [7, 11) is 1.49. The van der Waals surface area contributed by atoms with Crippen LogP contribution in [0.3, 0.4) is 0 Å². The Balaban J connectivity index is 2.23. The molecule has 2 aromatic rings. The number of hydrogen-bond acceptors (Lipinski definition) is 3. The smallest absolute Gasteiger partial charge is 0.266 e. The third-order valence-corrected chi connectivity index (χ3v) is 4.68. The van der Waals surface area contributed by atoms with E-state index in [0.29, 0.717) is 12.1 Å². The molecular weight excluding hydrogens is 328 g/mol. The summed E-state index contributed by atoms with van der Waals surface area (Å²) in [5, 5.41) is 2.52. The van der Waals surface area contributed by atoms with Crippen molar-refractivity contribution >= 4 is 23.4 Å². The molecule has 0 aliphatic carbocycles. The standard InChI is InChI=1S/C21H20N2O3/c1-5-7-14-12(2)10-11-13(3)18(14)23-20(25)16-9-6-8-15(19(24)22-4)17(16)21(23)26/h5-6,8-11H,1,7H2,2-4H3,(H,22,24). The fourth-order valence-electron chi connectivity index (χ4n) is 3.38. The van der Waals surface area contributed by atoms with Crippen LogP contribution in [0, 0.1) is 13.8 Å². The van der Waals surface area contributed by atoms with E-state index in [1.54, 1.807) is 24.3 Å². The molecule has 3 rings (SSSR count). The van der Waals surface area contributed by atoms with Crippen molar-refractivity contribution in [3.63, 3.8) is 0 Å². The Morgan fingerprint density at radius 2 is 1.81 bits per heavy atom. The highest BCUT2D eigenvalue weighted by Crippen LogP contribution is 2.36. The van der Waals surface area contributed by atoms with Crippen LogP contribution in [-0.2, 0) is 6.42 Å². The zero-order valence-corrected chi connectivity index (χ0v) is 15.1. The highest BCUT2D eigenvalue weighted by atomic mass is 16.2. The maximum absolute atomic E-state index is 13.2. The molecule has 0 atom stereocenters. The van der Waals surface area contributed by atoms with E-state index in [-0.39, 0.29) is 16.7 Å². The van der Waals surface area contributed by atoms with Crippen LogP contribution in [-0.4, -0.2) is 24.8 Å². The topological polar surface area (TPSA) is 66.5 Å². The first-order valence-corrected chi connectivity index (χ1v) is 8.36. The van der Waals surface area contributed by atoms with Crippen molar-refractivity contribution in [2.75, 3.05) is 11.9 Å². The van der Waals surface area contributed by atoms with E-state index < -0.39 is 17.7 Å². The maximum atomic E-state index is 13.2. The second-order valence-corrected chi connectivity index (χ2v) is 6.27. The molecule has 1 N–H and O–H groups in total. The van der Waals surface area contributed by atoms with Crippen LogP contribution in [0.4, 0.5) is 5.69 Å². The second-order valence-electron chi connectivity index (χ2n) is 6.27. The lowest BCUT2D eigenvalue weighted by molar-refractivity contribution is 0.0912. The summed E-state index contributed by atoms with van der Waals surface area (Å²) in [5.74, 6) is -1.27. The van der Waals surface area contributed by atoms with Crippen molar-refractivity contribution in [1.29, 1.82) is 0 Å². The summed E-state index contributed by atoms with van der Waals surface area (Å²) in [4.78, 5) is 39.6. The molecule has 2 aromatic carbocycles. The van der Waals surface area contributed by atoms with Gasteiger partial charge in [-0.05, 0) is 49.1 Å². The number of imide groups is 1. The number of carbonyl (C=O) groups is 3. The summed E-state index contributed by atoms with van der Waals surface area (Å²) >= 11 is 0. The van der Waals surface area contributed by atoms with Gasteiger partial charge in [0.1, 0.15) is 0 Å². The molecule has 1 aliphatic heterocycles. The minimum atomic E-state index is -0.469. The van der Waals surface area contributed by atoms with Crippen molar-refractivity contribution in [2.24, 2.45) is 0 Å². The van der Waals surface area contributed by atoms with Gasteiger partial charge in [-0.3, -0.25) is 14.4 Å². The van der Waals surface area contributed by atoms with E-state index in [0.717, 1.165) is 16.7 Å². The van der Waals surface area contributed by atoms with Crippen molar-refractivity contribution in [2.45, 2.75) is 20.3 Å². The first-order chi connectivity index (χ1) is 12.4. The van der Waals surface area contributed by atoms with Crippen LogP contribution in [0.25, 0.3) is 0 Å². The number of fused-ring (bicyclic) bond motifs is 1. The Morgan fingerprint density at radius 1 is 1.12 bits per heavy atom. The van der Waals surface area contributed by atoms with E-state index in [9.17, 15) is 14.4 Å². The molecule has 0 bridgehead atoms. The summed E-state index contributed by atoms with van der Waals surface area (Å²) in [5.41, 5.74) is 3.89. The Morgan fingerprint density at radius 3 is 2.46 bits per heavy atom. The van der Waals surface area contributed by atoms with Gasteiger partial charge in [-0.2, -0.15) is 0 Å². The van der Waals surface area contributed by atoms with Gasteiger partial charge < -0.3 is 5.32 Å². The van der Waals surface area contributed by atoms with Crippen molar-refractivity contribution in [3.8, 4) is 0 Å². The molecule has 1 aliphatic rings. The molecule has 5 heteroatoms. The number of anilines is 1. The van der Waals surface area contributed by atoms with E-state index in [1.165, 1.54) is 11.9 Å². The SMILES string of the molecule is C=CCc1c(C)ccc(C)c1N1C(=O)c2cccc(C(=O)NC)c2C1=O. The van der Waals surface area contributed by atoms with Gasteiger partial charge in [-0.25, -0.2) is 4.90 Å². The normalized spacial score (nSPS) is 13.0. The number of nitrogens with one attached hydrogen (secondary N) is 1. The van der Waals surface area contributed by atoms with Crippen molar-refractivity contribution < 1.29 is 14.4 Å². The summed E-state index contributed by atoms with van der Waals surface area (Å²) in [6.07, 6.45) is 2.29. The van der Waals surface area contributed by atoms with Crippen LogP contribution in [0.5, 0.6) is 0 Å². The first kappa shape index (κ1) is 17.6. The van der Waals surface area contributed by atoms with E-state index in [4.69, 9.17) is 0 Å². The van der Waals surface area contributed by atoms with Gasteiger partial charge in [0.25, 0.3) is 17.7 Å². The Bertz CT molecular complexity index is 960. The van der Waals surface area contributed by atoms with E-state index >= 15 is 0 Å². The predicted molar refractivity (Wildman–Crippen MR) is 101 cm³/mol. The highest BCUT2D eigenvalue weighted by Gasteiger charge is 2.41. The summed E-state index contributed by atoms with van der Waals surface area (Å²) in [6, 6.07) is 8.61. The fourth-order valence-corrected chi connectivity index (χ4v) is 3.38. The van der Waals surface area contributed by atoms with Crippen molar-refractivity contribution in [3.05, 3.63) is 76.4 Å². The molecule has 3 amide bonds. The molecule has 0 saturated heterocycles. The average molecular weight is 348 g/mol. The van der Waals surface area contributed by atoms with Crippen LogP contribution in [0.1, 0.15) is 47.8 Å². The molecular formula is C21H20N2O3. The van der Waals surface area contributed by atoms with E-state index in [1.807, 2.05) is 26.0 Å². The number of benzene rings is 2. The number of allylic oxidation sites excluding steroid dienone is 1. The fraction of sp³-hybridized carbons (Fsp3) is 0.190. The lowest BCUT2D eigenvalue weighted by Gasteiger charge is -2.22. The van der Waals surface area contributed by atoms with Gasteiger partial charge in [0, 0.05) is 7.05 Å². The Kier molecular flexibility index (Phi) is 4.47. The summed E-state index contributed by atoms with van der Waals surface area (Å²) in [6.45, 7) is 7.59. The summed E-state index contributed by atoms with van der Waals surface area (Å²) < 4.78 is 0. The van der Waals surface area contributed by atoms with Crippen LogP contribution >= 0.6 is 0 Å². The van der Waals surface area contributed by atoms with Gasteiger partial charge in [0.15, 0.2) is 0 Å². The molecule has 0 radical (unpaired) electrons. The lowest BCUT2D eigenvalue weighted by Crippen LogP contribution is -2.32. The quantitative estimate of drug-likeness (QED) is 0.682. The first-order valence-electron chi connectivity index (χ1n) is 8.36. The molecule has 26 heavy (non-hydrogen) atoms. The second kappa shape index (κ2) is 6.59. The number of carbonyl (C=O) groups excluding carboxylic acids is 3. The highest BCUT2D eigenvalue weighted by molar-refractivity contribution is 6.36. The average Bonchev–Trinajstić information content (AvgIpc) is 2.89. The minimum absolute atomic E-state index is 0.155. The molecule has 0 aromatic heterocycles. The third kappa shape index (κ3) is 2.52. The van der Waals surface area contributed by atoms with Crippen LogP contribution in [0.15, 0.2) is 43.0 Å². The molecule has 0 spiro atoms.